The zero-order valence-electron chi connectivity index (χ0n) is 9.12. The van der Waals surface area contributed by atoms with Crippen molar-refractivity contribution in [3.63, 3.8) is 0 Å². The number of carbonyl (C=O) groups excluding carboxylic acids is 2. The first-order valence-corrected chi connectivity index (χ1v) is 6.00. The average Bonchev–Trinajstić information content (AvgIpc) is 2.17. The van der Waals surface area contributed by atoms with Gasteiger partial charge in [0, 0.05) is 0 Å². The monoisotopic (exact) mass is 234 g/mol. The third-order valence-corrected chi connectivity index (χ3v) is 2.83. The molecule has 5 nitrogen and oxygen atoms in total. The molecule has 3 N–H and O–H groups in total. The summed E-state index contributed by atoms with van der Waals surface area (Å²) in [4.78, 5) is 22.0. The van der Waals surface area contributed by atoms with Crippen LogP contribution in [0.15, 0.2) is 0 Å². The van der Waals surface area contributed by atoms with Crippen LogP contribution in [-0.4, -0.2) is 36.7 Å². The number of alkyl carbamates (subject to hydrolysis) is 1. The van der Waals surface area contributed by atoms with Crippen LogP contribution in [0.5, 0.6) is 0 Å². The summed E-state index contributed by atoms with van der Waals surface area (Å²) in [6.07, 6.45) is -0.685. The van der Waals surface area contributed by atoms with E-state index in [1.54, 1.807) is 6.92 Å². The molecule has 0 heterocycles. The quantitative estimate of drug-likeness (QED) is 0.703. The summed E-state index contributed by atoms with van der Waals surface area (Å²) in [5.74, 6) is 1.11. The Balaban J connectivity index is 3.53. The summed E-state index contributed by atoms with van der Waals surface area (Å²) in [5, 5.41) is 2.12. The maximum absolute atomic E-state index is 11.1. The zero-order chi connectivity index (χ0) is 11.7. The third-order valence-electron chi connectivity index (χ3n) is 1.55. The van der Waals surface area contributed by atoms with Crippen molar-refractivity contribution in [1.29, 1.82) is 0 Å². The predicted molar refractivity (Wildman–Crippen MR) is 60.7 cm³/mol. The molecular formula is C9H18N2O3S. The first-order chi connectivity index (χ1) is 7.10. The number of rotatable bonds is 6. The summed E-state index contributed by atoms with van der Waals surface area (Å²) >= 11 is 1.45. The molecule has 0 aromatic rings. The Kier molecular flexibility index (Phi) is 8.12. The molecule has 0 aliphatic heterocycles. The van der Waals surface area contributed by atoms with E-state index in [4.69, 9.17) is 5.73 Å². The maximum atomic E-state index is 11.1. The molecule has 0 aromatic carbocycles. The van der Waals surface area contributed by atoms with Crippen LogP contribution in [0.3, 0.4) is 0 Å². The number of hydrogen-bond acceptors (Lipinski definition) is 5. The van der Waals surface area contributed by atoms with E-state index in [0.29, 0.717) is 12.5 Å². The molecule has 0 aliphatic carbocycles. The van der Waals surface area contributed by atoms with Crippen LogP contribution < -0.4 is 11.1 Å². The minimum absolute atomic E-state index is 0.253. The number of amides is 2. The molecule has 0 aromatic heterocycles. The molecule has 88 valence electrons. The SMILES string of the molecule is CCOC(=O)NC(=O)CSCC(C)CN. The zero-order valence-corrected chi connectivity index (χ0v) is 9.93. The van der Waals surface area contributed by atoms with Gasteiger partial charge in [0.25, 0.3) is 0 Å². The van der Waals surface area contributed by atoms with Crippen LogP contribution in [0.2, 0.25) is 0 Å². The summed E-state index contributed by atoms with van der Waals surface area (Å²) in [6.45, 7) is 4.56. The van der Waals surface area contributed by atoms with Crippen molar-refractivity contribution in [2.75, 3.05) is 24.7 Å². The Morgan fingerprint density at radius 2 is 2.20 bits per heavy atom. The molecule has 2 amide bonds. The van der Waals surface area contributed by atoms with E-state index in [9.17, 15) is 9.59 Å². The molecule has 6 heteroatoms. The Morgan fingerprint density at radius 1 is 1.53 bits per heavy atom. The summed E-state index contributed by atoms with van der Waals surface area (Å²) in [7, 11) is 0. The number of nitrogens with two attached hydrogens (primary N) is 1. The molecular weight excluding hydrogens is 216 g/mol. The first-order valence-electron chi connectivity index (χ1n) is 4.84. The fourth-order valence-corrected chi connectivity index (χ4v) is 1.65. The lowest BCUT2D eigenvalue weighted by Gasteiger charge is -2.07. The van der Waals surface area contributed by atoms with E-state index in [2.05, 4.69) is 10.1 Å². The van der Waals surface area contributed by atoms with E-state index in [1.807, 2.05) is 6.92 Å². The molecule has 0 aliphatic rings. The minimum Gasteiger partial charge on any atom is -0.450 e. The highest BCUT2D eigenvalue weighted by molar-refractivity contribution is 7.99. The predicted octanol–water partition coefficient (Wildman–Crippen LogP) is 0.587. The Labute approximate surface area is 94.1 Å². The standard InChI is InChI=1S/C9H18N2O3S/c1-3-14-9(13)11-8(12)6-15-5-7(2)4-10/h7H,3-6,10H2,1-2H3,(H,11,12,13). The van der Waals surface area contributed by atoms with Crippen molar-refractivity contribution >= 4 is 23.8 Å². The van der Waals surface area contributed by atoms with Crippen molar-refractivity contribution < 1.29 is 14.3 Å². The number of imide groups is 1. The van der Waals surface area contributed by atoms with Crippen LogP contribution in [-0.2, 0) is 9.53 Å². The molecule has 1 unspecified atom stereocenters. The van der Waals surface area contributed by atoms with Gasteiger partial charge in [0.1, 0.15) is 0 Å². The van der Waals surface area contributed by atoms with Gasteiger partial charge in [-0.15, -0.1) is 0 Å². The molecule has 0 radical (unpaired) electrons. The van der Waals surface area contributed by atoms with Crippen LogP contribution in [0.4, 0.5) is 4.79 Å². The van der Waals surface area contributed by atoms with Crippen molar-refractivity contribution in [1.82, 2.24) is 5.32 Å². The van der Waals surface area contributed by atoms with Crippen molar-refractivity contribution in [3.05, 3.63) is 0 Å². The number of hydrogen-bond donors (Lipinski definition) is 2. The van der Waals surface area contributed by atoms with Crippen molar-refractivity contribution in [2.24, 2.45) is 11.7 Å². The van der Waals surface area contributed by atoms with Gasteiger partial charge in [-0.2, -0.15) is 11.8 Å². The number of nitrogens with one attached hydrogen (secondary N) is 1. The molecule has 15 heavy (non-hydrogen) atoms. The van der Waals surface area contributed by atoms with Gasteiger partial charge in [-0.25, -0.2) is 4.79 Å². The summed E-state index contributed by atoms with van der Waals surface area (Å²) < 4.78 is 4.56. The van der Waals surface area contributed by atoms with Gasteiger partial charge >= 0.3 is 6.09 Å². The van der Waals surface area contributed by atoms with Crippen LogP contribution in [0, 0.1) is 5.92 Å². The van der Waals surface area contributed by atoms with Gasteiger partial charge in [0.2, 0.25) is 5.91 Å². The second-order valence-corrected chi connectivity index (χ2v) is 4.15. The highest BCUT2D eigenvalue weighted by Gasteiger charge is 2.08. The second kappa shape index (κ2) is 8.55. The summed E-state index contributed by atoms with van der Waals surface area (Å²) in [6, 6.07) is 0. The molecule has 0 bridgehead atoms. The topological polar surface area (TPSA) is 81.4 Å². The van der Waals surface area contributed by atoms with Crippen molar-refractivity contribution in [3.8, 4) is 0 Å². The average molecular weight is 234 g/mol. The minimum atomic E-state index is -0.685. The van der Waals surface area contributed by atoms with E-state index in [1.165, 1.54) is 11.8 Å². The lowest BCUT2D eigenvalue weighted by atomic mass is 10.2. The molecule has 0 spiro atoms. The van der Waals surface area contributed by atoms with Gasteiger partial charge in [-0.05, 0) is 25.1 Å². The molecule has 0 fully saturated rings. The summed E-state index contributed by atoms with van der Waals surface area (Å²) in [5.41, 5.74) is 5.42. The van der Waals surface area contributed by atoms with Gasteiger partial charge in [-0.3, -0.25) is 10.1 Å². The second-order valence-electron chi connectivity index (χ2n) is 3.12. The normalized spacial score (nSPS) is 11.9. The van der Waals surface area contributed by atoms with Gasteiger partial charge in [-0.1, -0.05) is 6.92 Å². The van der Waals surface area contributed by atoms with Gasteiger partial charge in [0.05, 0.1) is 12.4 Å². The Bertz CT molecular complexity index is 212. The Hall–Kier alpha value is -0.750. The first kappa shape index (κ1) is 14.2. The number of thioether (sulfide) groups is 1. The molecule has 1 atom stereocenters. The van der Waals surface area contributed by atoms with Crippen LogP contribution in [0.25, 0.3) is 0 Å². The van der Waals surface area contributed by atoms with Crippen molar-refractivity contribution in [2.45, 2.75) is 13.8 Å². The molecule has 0 rings (SSSR count). The van der Waals surface area contributed by atoms with Gasteiger partial charge < -0.3 is 10.5 Å². The Morgan fingerprint density at radius 3 is 2.73 bits per heavy atom. The third kappa shape index (κ3) is 8.26. The van der Waals surface area contributed by atoms with E-state index in [0.717, 1.165) is 5.75 Å². The van der Waals surface area contributed by atoms with Crippen LogP contribution >= 0.6 is 11.8 Å². The highest BCUT2D eigenvalue weighted by atomic mass is 32.2. The molecule has 0 saturated carbocycles. The molecule has 0 saturated heterocycles. The van der Waals surface area contributed by atoms with E-state index < -0.39 is 6.09 Å². The lowest BCUT2D eigenvalue weighted by Crippen LogP contribution is -2.32. The van der Waals surface area contributed by atoms with Gasteiger partial charge in [0.15, 0.2) is 0 Å². The fourth-order valence-electron chi connectivity index (χ4n) is 0.738. The van der Waals surface area contributed by atoms with E-state index in [-0.39, 0.29) is 18.3 Å². The van der Waals surface area contributed by atoms with Crippen LogP contribution in [0.1, 0.15) is 13.8 Å². The fraction of sp³-hybridized carbons (Fsp3) is 0.778. The number of ether oxygens (including phenoxy) is 1. The van der Waals surface area contributed by atoms with E-state index >= 15 is 0 Å². The smallest absolute Gasteiger partial charge is 0.413 e. The maximum Gasteiger partial charge on any atom is 0.413 e. The number of carbonyl (C=O) groups is 2. The largest absolute Gasteiger partial charge is 0.450 e. The lowest BCUT2D eigenvalue weighted by molar-refractivity contribution is -0.117. The highest BCUT2D eigenvalue weighted by Crippen LogP contribution is 2.06.